The van der Waals surface area contributed by atoms with Crippen LogP contribution >= 0.6 is 11.6 Å². The van der Waals surface area contributed by atoms with E-state index in [1.165, 1.54) is 16.7 Å². The molecule has 1 nitrogen and oxygen atoms in total. The predicted octanol–water partition coefficient (Wildman–Crippen LogP) is 3.91. The van der Waals surface area contributed by atoms with Crippen LogP contribution in [0.15, 0.2) is 48.8 Å². The van der Waals surface area contributed by atoms with Crippen LogP contribution < -0.4 is 0 Å². The van der Waals surface area contributed by atoms with Crippen molar-refractivity contribution in [3.05, 3.63) is 65.5 Å². The van der Waals surface area contributed by atoms with Crippen molar-refractivity contribution in [2.24, 2.45) is 0 Å². The molecule has 1 aromatic heterocycles. The van der Waals surface area contributed by atoms with E-state index in [2.05, 4.69) is 30.1 Å². The molecule has 16 heavy (non-hydrogen) atoms. The number of aromatic nitrogens is 1. The van der Waals surface area contributed by atoms with Crippen LogP contribution in [0.4, 0.5) is 0 Å². The van der Waals surface area contributed by atoms with Crippen molar-refractivity contribution < 1.29 is 0 Å². The van der Waals surface area contributed by atoms with Crippen molar-refractivity contribution in [3.8, 4) is 0 Å². The van der Waals surface area contributed by atoms with E-state index in [9.17, 15) is 0 Å². The number of benzene rings is 1. The molecule has 1 heterocycles. The number of nitrogens with zero attached hydrogens (tertiary/aromatic N) is 1. The Morgan fingerprint density at radius 3 is 2.62 bits per heavy atom. The maximum atomic E-state index is 6.39. The molecule has 1 aromatic carbocycles. The summed E-state index contributed by atoms with van der Waals surface area (Å²) in [5, 5.41) is 0.0299. The molecule has 0 aliphatic heterocycles. The maximum Gasteiger partial charge on any atom is 0.0625 e. The standard InChI is InChI=1S/C14H14ClN/c1-11-3-2-4-13(9-11)14(15)10-12-5-7-16-8-6-12/h2-9,14H,10H2,1H3. The van der Waals surface area contributed by atoms with Crippen LogP contribution in [-0.2, 0) is 6.42 Å². The SMILES string of the molecule is Cc1cccc(C(Cl)Cc2ccncc2)c1. The van der Waals surface area contributed by atoms with E-state index in [1.54, 1.807) is 12.4 Å². The zero-order valence-electron chi connectivity index (χ0n) is 9.23. The van der Waals surface area contributed by atoms with Crippen molar-refractivity contribution in [1.29, 1.82) is 0 Å². The Morgan fingerprint density at radius 2 is 1.94 bits per heavy atom. The fourth-order valence-corrected chi connectivity index (χ4v) is 2.02. The fraction of sp³-hybridized carbons (Fsp3) is 0.214. The topological polar surface area (TPSA) is 12.9 Å². The number of aryl methyl sites for hydroxylation is 1. The summed E-state index contributed by atoms with van der Waals surface area (Å²) in [7, 11) is 0. The monoisotopic (exact) mass is 231 g/mol. The van der Waals surface area contributed by atoms with Crippen LogP contribution in [0.3, 0.4) is 0 Å². The molecule has 0 saturated heterocycles. The Kier molecular flexibility index (Phi) is 3.58. The van der Waals surface area contributed by atoms with E-state index in [0.29, 0.717) is 0 Å². The molecule has 0 radical (unpaired) electrons. The average Bonchev–Trinajstić information content (AvgIpc) is 2.30. The van der Waals surface area contributed by atoms with Gasteiger partial charge in [0, 0.05) is 12.4 Å². The summed E-state index contributed by atoms with van der Waals surface area (Å²) < 4.78 is 0. The molecule has 0 fully saturated rings. The van der Waals surface area contributed by atoms with Gasteiger partial charge >= 0.3 is 0 Å². The number of pyridine rings is 1. The van der Waals surface area contributed by atoms with E-state index in [-0.39, 0.29) is 5.38 Å². The first kappa shape index (κ1) is 11.2. The summed E-state index contributed by atoms with van der Waals surface area (Å²) in [4.78, 5) is 4.00. The van der Waals surface area contributed by atoms with Crippen LogP contribution in [0.2, 0.25) is 0 Å². The van der Waals surface area contributed by atoms with Gasteiger partial charge in [0.2, 0.25) is 0 Å². The van der Waals surface area contributed by atoms with Gasteiger partial charge in [-0.3, -0.25) is 4.98 Å². The van der Waals surface area contributed by atoms with E-state index in [0.717, 1.165) is 6.42 Å². The van der Waals surface area contributed by atoms with Crippen LogP contribution in [0, 0.1) is 6.92 Å². The van der Waals surface area contributed by atoms with Crippen LogP contribution in [0.25, 0.3) is 0 Å². The minimum atomic E-state index is 0.0299. The minimum Gasteiger partial charge on any atom is -0.265 e. The van der Waals surface area contributed by atoms with Gasteiger partial charge in [-0.2, -0.15) is 0 Å². The molecule has 0 N–H and O–H groups in total. The Labute approximate surface area is 101 Å². The molecule has 2 heteroatoms. The molecule has 1 unspecified atom stereocenters. The highest BCUT2D eigenvalue weighted by molar-refractivity contribution is 6.20. The Balaban J connectivity index is 2.12. The predicted molar refractivity (Wildman–Crippen MR) is 67.7 cm³/mol. The quantitative estimate of drug-likeness (QED) is 0.730. The lowest BCUT2D eigenvalue weighted by atomic mass is 10.0. The first-order valence-corrected chi connectivity index (χ1v) is 5.79. The van der Waals surface area contributed by atoms with E-state index >= 15 is 0 Å². The summed E-state index contributed by atoms with van der Waals surface area (Å²) >= 11 is 6.39. The smallest absolute Gasteiger partial charge is 0.0625 e. The number of alkyl halides is 1. The van der Waals surface area contributed by atoms with Gasteiger partial charge in [0.05, 0.1) is 5.38 Å². The van der Waals surface area contributed by atoms with E-state index < -0.39 is 0 Å². The zero-order chi connectivity index (χ0) is 11.4. The second-order valence-electron chi connectivity index (χ2n) is 3.94. The zero-order valence-corrected chi connectivity index (χ0v) is 9.98. The number of halogens is 1. The molecular weight excluding hydrogens is 218 g/mol. The van der Waals surface area contributed by atoms with Gasteiger partial charge in [-0.25, -0.2) is 0 Å². The highest BCUT2D eigenvalue weighted by atomic mass is 35.5. The van der Waals surface area contributed by atoms with Crippen molar-refractivity contribution in [2.45, 2.75) is 18.7 Å². The van der Waals surface area contributed by atoms with Crippen molar-refractivity contribution >= 4 is 11.6 Å². The van der Waals surface area contributed by atoms with Gasteiger partial charge in [-0.05, 0) is 36.6 Å². The molecule has 82 valence electrons. The van der Waals surface area contributed by atoms with E-state index in [4.69, 9.17) is 11.6 Å². The molecule has 0 aliphatic rings. The van der Waals surface area contributed by atoms with E-state index in [1.807, 2.05) is 18.2 Å². The molecule has 1 atom stereocenters. The van der Waals surface area contributed by atoms with Crippen LogP contribution in [0.5, 0.6) is 0 Å². The Bertz CT molecular complexity index is 453. The largest absolute Gasteiger partial charge is 0.265 e. The van der Waals surface area contributed by atoms with Crippen molar-refractivity contribution in [2.75, 3.05) is 0 Å². The Hall–Kier alpha value is -1.34. The molecule has 0 saturated carbocycles. The lowest BCUT2D eigenvalue weighted by Gasteiger charge is -2.10. The number of rotatable bonds is 3. The highest BCUT2D eigenvalue weighted by Crippen LogP contribution is 2.25. The molecule has 2 rings (SSSR count). The average molecular weight is 232 g/mol. The van der Waals surface area contributed by atoms with Gasteiger partial charge < -0.3 is 0 Å². The number of hydrogen-bond acceptors (Lipinski definition) is 1. The molecule has 0 amide bonds. The lowest BCUT2D eigenvalue weighted by Crippen LogP contribution is -1.96. The minimum absolute atomic E-state index is 0.0299. The number of hydrogen-bond donors (Lipinski definition) is 0. The molecule has 2 aromatic rings. The van der Waals surface area contributed by atoms with Crippen molar-refractivity contribution in [1.82, 2.24) is 4.98 Å². The summed E-state index contributed by atoms with van der Waals surface area (Å²) in [5.41, 5.74) is 3.65. The van der Waals surface area contributed by atoms with Gasteiger partial charge in [0.25, 0.3) is 0 Å². The third-order valence-electron chi connectivity index (χ3n) is 2.57. The van der Waals surface area contributed by atoms with Crippen molar-refractivity contribution in [3.63, 3.8) is 0 Å². The second kappa shape index (κ2) is 5.13. The first-order valence-electron chi connectivity index (χ1n) is 5.35. The summed E-state index contributed by atoms with van der Waals surface area (Å²) in [6, 6.07) is 12.4. The van der Waals surface area contributed by atoms with Gasteiger partial charge in [0.1, 0.15) is 0 Å². The third-order valence-corrected chi connectivity index (χ3v) is 2.97. The lowest BCUT2D eigenvalue weighted by molar-refractivity contribution is 0.914. The van der Waals surface area contributed by atoms with Crippen LogP contribution in [-0.4, -0.2) is 4.98 Å². The Morgan fingerprint density at radius 1 is 1.19 bits per heavy atom. The summed E-state index contributed by atoms with van der Waals surface area (Å²) in [6.07, 6.45) is 4.44. The second-order valence-corrected chi connectivity index (χ2v) is 4.47. The molecule has 0 bridgehead atoms. The van der Waals surface area contributed by atoms with Gasteiger partial charge in [-0.1, -0.05) is 29.8 Å². The van der Waals surface area contributed by atoms with Crippen LogP contribution in [0.1, 0.15) is 22.1 Å². The highest BCUT2D eigenvalue weighted by Gasteiger charge is 2.08. The normalized spacial score (nSPS) is 12.4. The molecule has 0 aliphatic carbocycles. The van der Waals surface area contributed by atoms with Gasteiger partial charge in [0.15, 0.2) is 0 Å². The van der Waals surface area contributed by atoms with Gasteiger partial charge in [-0.15, -0.1) is 11.6 Å². The maximum absolute atomic E-state index is 6.39. The first-order chi connectivity index (χ1) is 7.75. The molecular formula is C14H14ClN. The summed E-state index contributed by atoms with van der Waals surface area (Å²) in [6.45, 7) is 2.08. The third kappa shape index (κ3) is 2.83. The summed E-state index contributed by atoms with van der Waals surface area (Å²) in [5.74, 6) is 0. The fourth-order valence-electron chi connectivity index (χ4n) is 1.71. The molecule has 0 spiro atoms.